The minimum absolute atomic E-state index is 0.0271. The molecule has 0 saturated carbocycles. The highest BCUT2D eigenvalue weighted by Gasteiger charge is 2.33. The van der Waals surface area contributed by atoms with E-state index in [0.717, 1.165) is 42.1 Å². The monoisotopic (exact) mass is 422 g/mol. The van der Waals surface area contributed by atoms with E-state index in [4.69, 9.17) is 4.74 Å². The van der Waals surface area contributed by atoms with Crippen LogP contribution in [0.5, 0.6) is 5.75 Å². The SMILES string of the molecule is CCSC(SCC)=C1C(=O)Oc2ccc3cc(Br)ccc3c2C1C. The smallest absolute Gasteiger partial charge is 0.341 e. The Morgan fingerprint density at radius 1 is 1.17 bits per heavy atom. The molecule has 0 fully saturated rings. The van der Waals surface area contributed by atoms with Crippen molar-refractivity contribution < 1.29 is 9.53 Å². The number of ether oxygens (including phenoxy) is 1. The molecule has 1 atom stereocenters. The minimum atomic E-state index is -0.205. The molecule has 1 heterocycles. The van der Waals surface area contributed by atoms with Gasteiger partial charge in [0.2, 0.25) is 0 Å². The predicted octanol–water partition coefficient (Wildman–Crippen LogP) is 6.34. The van der Waals surface area contributed by atoms with Crippen LogP contribution in [0.2, 0.25) is 0 Å². The Labute approximate surface area is 159 Å². The van der Waals surface area contributed by atoms with Crippen molar-refractivity contribution in [2.24, 2.45) is 0 Å². The minimum Gasteiger partial charge on any atom is -0.423 e. The zero-order valence-electron chi connectivity index (χ0n) is 13.9. The first kappa shape index (κ1) is 17.9. The summed E-state index contributed by atoms with van der Waals surface area (Å²) < 4.78 is 7.84. The molecule has 0 spiro atoms. The molecule has 2 nitrogen and oxygen atoms in total. The second kappa shape index (κ2) is 7.54. The van der Waals surface area contributed by atoms with Crippen LogP contribution in [0.1, 0.15) is 32.3 Å². The highest BCUT2D eigenvalue weighted by atomic mass is 79.9. The third kappa shape index (κ3) is 3.26. The molecule has 0 aromatic heterocycles. The zero-order valence-corrected chi connectivity index (χ0v) is 17.1. The number of halogens is 1. The molecule has 3 rings (SSSR count). The molecular formula is C19H19BrO2S2. The number of carbonyl (C=O) groups is 1. The van der Waals surface area contributed by atoms with Gasteiger partial charge in [-0.1, -0.05) is 48.8 Å². The number of fused-ring (bicyclic) bond motifs is 3. The van der Waals surface area contributed by atoms with Crippen LogP contribution in [-0.4, -0.2) is 17.5 Å². The average Bonchev–Trinajstić information content (AvgIpc) is 2.54. The third-order valence-electron chi connectivity index (χ3n) is 4.04. The Hall–Kier alpha value is -0.910. The molecule has 1 aliphatic rings. The van der Waals surface area contributed by atoms with Crippen LogP contribution in [0.4, 0.5) is 0 Å². The molecule has 126 valence electrons. The Kier molecular flexibility index (Phi) is 5.63. The number of thioether (sulfide) groups is 2. The van der Waals surface area contributed by atoms with Gasteiger partial charge < -0.3 is 4.74 Å². The topological polar surface area (TPSA) is 26.3 Å². The Morgan fingerprint density at radius 3 is 2.54 bits per heavy atom. The van der Waals surface area contributed by atoms with Gasteiger partial charge in [-0.3, -0.25) is 0 Å². The van der Waals surface area contributed by atoms with Crippen LogP contribution < -0.4 is 4.74 Å². The first-order valence-electron chi connectivity index (χ1n) is 8.00. The van der Waals surface area contributed by atoms with Crippen molar-refractivity contribution in [3.8, 4) is 5.75 Å². The summed E-state index contributed by atoms with van der Waals surface area (Å²) in [7, 11) is 0. The van der Waals surface area contributed by atoms with Gasteiger partial charge in [0.25, 0.3) is 0 Å². The Morgan fingerprint density at radius 2 is 1.88 bits per heavy atom. The zero-order chi connectivity index (χ0) is 17.3. The van der Waals surface area contributed by atoms with Gasteiger partial charge in [-0.05, 0) is 40.5 Å². The molecule has 1 unspecified atom stereocenters. The average molecular weight is 423 g/mol. The molecule has 0 N–H and O–H groups in total. The van der Waals surface area contributed by atoms with Crippen molar-refractivity contribution >= 4 is 56.2 Å². The molecule has 0 aliphatic carbocycles. The van der Waals surface area contributed by atoms with Gasteiger partial charge in [0, 0.05) is 16.0 Å². The number of hydrogen-bond acceptors (Lipinski definition) is 4. The molecule has 0 radical (unpaired) electrons. The highest BCUT2D eigenvalue weighted by molar-refractivity contribution is 9.10. The van der Waals surface area contributed by atoms with Gasteiger partial charge in [-0.15, -0.1) is 23.5 Å². The lowest BCUT2D eigenvalue weighted by atomic mass is 9.87. The number of esters is 1. The maximum absolute atomic E-state index is 12.6. The molecule has 0 bridgehead atoms. The van der Waals surface area contributed by atoms with Crippen molar-refractivity contribution in [1.29, 1.82) is 0 Å². The summed E-state index contributed by atoms with van der Waals surface area (Å²) in [6.07, 6.45) is 0. The van der Waals surface area contributed by atoms with E-state index in [-0.39, 0.29) is 11.9 Å². The lowest BCUT2D eigenvalue weighted by Crippen LogP contribution is -2.23. The first-order chi connectivity index (χ1) is 11.6. The quantitative estimate of drug-likeness (QED) is 0.326. The van der Waals surface area contributed by atoms with E-state index in [1.165, 1.54) is 0 Å². The maximum Gasteiger partial charge on any atom is 0.341 e. The van der Waals surface area contributed by atoms with Crippen LogP contribution in [-0.2, 0) is 4.79 Å². The summed E-state index contributed by atoms with van der Waals surface area (Å²) in [5.74, 6) is 2.40. The van der Waals surface area contributed by atoms with E-state index >= 15 is 0 Å². The van der Waals surface area contributed by atoms with Crippen LogP contribution in [0.15, 0.2) is 44.6 Å². The fraction of sp³-hybridized carbons (Fsp3) is 0.316. The predicted molar refractivity (Wildman–Crippen MR) is 109 cm³/mol. The van der Waals surface area contributed by atoms with Crippen LogP contribution in [0.3, 0.4) is 0 Å². The summed E-state index contributed by atoms with van der Waals surface area (Å²) in [4.78, 5) is 12.6. The standard InChI is InChI=1S/C19H19BrO2S2/c1-4-23-19(24-5-2)17-11(3)16-14-8-7-13(20)10-12(14)6-9-15(16)22-18(17)21/h6-11H,4-5H2,1-3H3. The number of benzene rings is 2. The van der Waals surface area contributed by atoms with Gasteiger partial charge in [0.05, 0.1) is 9.81 Å². The summed E-state index contributed by atoms with van der Waals surface area (Å²) in [5, 5.41) is 2.30. The van der Waals surface area contributed by atoms with Gasteiger partial charge in [-0.2, -0.15) is 0 Å². The molecule has 1 aliphatic heterocycles. The summed E-state index contributed by atoms with van der Waals surface area (Å²) in [5.41, 5.74) is 1.91. The van der Waals surface area contributed by atoms with Crippen molar-refractivity contribution in [3.63, 3.8) is 0 Å². The Balaban J connectivity index is 2.21. The second-order valence-electron chi connectivity index (χ2n) is 5.52. The lowest BCUT2D eigenvalue weighted by Gasteiger charge is -2.27. The number of rotatable bonds is 4. The normalized spacial score (nSPS) is 16.9. The fourth-order valence-electron chi connectivity index (χ4n) is 3.04. The van der Waals surface area contributed by atoms with Crippen LogP contribution in [0, 0.1) is 0 Å². The summed E-state index contributed by atoms with van der Waals surface area (Å²) in [6.45, 7) is 6.34. The second-order valence-corrected chi connectivity index (χ2v) is 9.24. The first-order valence-corrected chi connectivity index (χ1v) is 10.8. The van der Waals surface area contributed by atoms with Crippen molar-refractivity contribution in [2.75, 3.05) is 11.5 Å². The number of carbonyl (C=O) groups excluding carboxylic acids is 1. The van der Waals surface area contributed by atoms with E-state index in [9.17, 15) is 4.79 Å². The van der Waals surface area contributed by atoms with Gasteiger partial charge >= 0.3 is 5.97 Å². The van der Waals surface area contributed by atoms with Gasteiger partial charge in [0.1, 0.15) is 5.75 Å². The van der Waals surface area contributed by atoms with E-state index in [0.29, 0.717) is 5.75 Å². The third-order valence-corrected chi connectivity index (χ3v) is 6.78. The van der Waals surface area contributed by atoms with Crippen molar-refractivity contribution in [2.45, 2.75) is 26.7 Å². The van der Waals surface area contributed by atoms with E-state index in [2.05, 4.69) is 48.8 Å². The summed E-state index contributed by atoms with van der Waals surface area (Å²) >= 11 is 6.99. The van der Waals surface area contributed by atoms with E-state index in [1.807, 2.05) is 18.2 Å². The maximum atomic E-state index is 12.6. The fourth-order valence-corrected chi connectivity index (χ4v) is 5.81. The van der Waals surface area contributed by atoms with E-state index < -0.39 is 0 Å². The van der Waals surface area contributed by atoms with Gasteiger partial charge in [0.15, 0.2) is 0 Å². The molecule has 0 amide bonds. The van der Waals surface area contributed by atoms with E-state index in [1.54, 1.807) is 23.5 Å². The Bertz CT molecular complexity index is 821. The lowest BCUT2D eigenvalue weighted by molar-refractivity contribution is -0.131. The molecule has 0 saturated heterocycles. The van der Waals surface area contributed by atoms with Crippen LogP contribution in [0.25, 0.3) is 10.8 Å². The number of hydrogen-bond donors (Lipinski definition) is 0. The largest absolute Gasteiger partial charge is 0.423 e. The highest BCUT2D eigenvalue weighted by Crippen LogP contribution is 2.46. The van der Waals surface area contributed by atoms with Crippen molar-refractivity contribution in [1.82, 2.24) is 0 Å². The van der Waals surface area contributed by atoms with Gasteiger partial charge in [-0.25, -0.2) is 4.79 Å². The molecule has 24 heavy (non-hydrogen) atoms. The molecular weight excluding hydrogens is 404 g/mol. The van der Waals surface area contributed by atoms with Crippen LogP contribution >= 0.6 is 39.5 Å². The van der Waals surface area contributed by atoms with Crippen molar-refractivity contribution in [3.05, 3.63) is 50.2 Å². The molecule has 2 aromatic rings. The molecule has 5 heteroatoms. The molecule has 2 aromatic carbocycles. The summed E-state index contributed by atoms with van der Waals surface area (Å²) in [6, 6.07) is 10.2.